The standard InChI is InChI=1S/C14H16N4O/c1-18-9-11(7-16-18)14(19)17-13-4-2-3-10-5-6-15-8-12(10)13/h2-4,7,9,15H,5-6,8H2,1H3,(H,17,19). The van der Waals surface area contributed by atoms with E-state index in [2.05, 4.69) is 21.8 Å². The Morgan fingerprint density at radius 2 is 2.37 bits per heavy atom. The van der Waals surface area contributed by atoms with Crippen molar-refractivity contribution in [1.82, 2.24) is 15.1 Å². The van der Waals surface area contributed by atoms with Crippen molar-refractivity contribution in [2.75, 3.05) is 11.9 Å². The molecule has 3 rings (SSSR count). The lowest BCUT2D eigenvalue weighted by atomic mass is 9.99. The summed E-state index contributed by atoms with van der Waals surface area (Å²) in [5.74, 6) is -0.118. The first-order chi connectivity index (χ1) is 9.24. The van der Waals surface area contributed by atoms with Crippen molar-refractivity contribution < 1.29 is 4.79 Å². The highest BCUT2D eigenvalue weighted by Gasteiger charge is 2.15. The molecular weight excluding hydrogens is 240 g/mol. The van der Waals surface area contributed by atoms with Gasteiger partial charge in [0.15, 0.2) is 0 Å². The topological polar surface area (TPSA) is 59.0 Å². The van der Waals surface area contributed by atoms with Crippen LogP contribution in [0, 0.1) is 0 Å². The number of fused-ring (bicyclic) bond motifs is 1. The van der Waals surface area contributed by atoms with Gasteiger partial charge in [0.2, 0.25) is 0 Å². The lowest BCUT2D eigenvalue weighted by molar-refractivity contribution is 0.102. The molecule has 98 valence electrons. The number of aromatic nitrogens is 2. The number of nitrogens with zero attached hydrogens (tertiary/aromatic N) is 2. The third-order valence-corrected chi connectivity index (χ3v) is 3.36. The Morgan fingerprint density at radius 3 is 3.16 bits per heavy atom. The van der Waals surface area contributed by atoms with Crippen molar-refractivity contribution in [3.05, 3.63) is 47.3 Å². The molecule has 2 aromatic rings. The maximum atomic E-state index is 12.1. The van der Waals surface area contributed by atoms with Crippen molar-refractivity contribution in [3.63, 3.8) is 0 Å². The lowest BCUT2D eigenvalue weighted by Crippen LogP contribution is -2.25. The number of rotatable bonds is 2. The second-order valence-electron chi connectivity index (χ2n) is 4.73. The average molecular weight is 256 g/mol. The fourth-order valence-corrected chi connectivity index (χ4v) is 2.36. The van der Waals surface area contributed by atoms with Gasteiger partial charge in [-0.05, 0) is 30.2 Å². The van der Waals surface area contributed by atoms with E-state index in [1.807, 2.05) is 12.1 Å². The van der Waals surface area contributed by atoms with E-state index in [-0.39, 0.29) is 5.91 Å². The molecular formula is C14H16N4O. The summed E-state index contributed by atoms with van der Waals surface area (Å²) < 4.78 is 1.62. The quantitative estimate of drug-likeness (QED) is 0.852. The number of nitrogens with one attached hydrogen (secondary N) is 2. The van der Waals surface area contributed by atoms with Crippen LogP contribution in [0.3, 0.4) is 0 Å². The van der Waals surface area contributed by atoms with Crippen LogP contribution in [-0.4, -0.2) is 22.2 Å². The van der Waals surface area contributed by atoms with Crippen molar-refractivity contribution in [2.24, 2.45) is 7.05 Å². The molecule has 19 heavy (non-hydrogen) atoms. The van der Waals surface area contributed by atoms with E-state index >= 15 is 0 Å². The monoisotopic (exact) mass is 256 g/mol. The zero-order valence-electron chi connectivity index (χ0n) is 10.8. The number of benzene rings is 1. The highest BCUT2D eigenvalue weighted by atomic mass is 16.1. The van der Waals surface area contributed by atoms with E-state index in [4.69, 9.17) is 0 Å². The van der Waals surface area contributed by atoms with Gasteiger partial charge >= 0.3 is 0 Å². The van der Waals surface area contributed by atoms with Gasteiger partial charge in [-0.1, -0.05) is 12.1 Å². The van der Waals surface area contributed by atoms with E-state index in [0.717, 1.165) is 25.2 Å². The molecule has 1 aliphatic rings. The van der Waals surface area contributed by atoms with E-state index in [0.29, 0.717) is 5.56 Å². The maximum absolute atomic E-state index is 12.1. The highest BCUT2D eigenvalue weighted by molar-refractivity contribution is 6.04. The fourth-order valence-electron chi connectivity index (χ4n) is 2.36. The number of amides is 1. The van der Waals surface area contributed by atoms with Crippen LogP contribution < -0.4 is 10.6 Å². The molecule has 0 bridgehead atoms. The Bertz CT molecular complexity index is 618. The van der Waals surface area contributed by atoms with Crippen LogP contribution in [0.5, 0.6) is 0 Å². The summed E-state index contributed by atoms with van der Waals surface area (Å²) in [6.07, 6.45) is 4.29. The minimum Gasteiger partial charge on any atom is -0.322 e. The highest BCUT2D eigenvalue weighted by Crippen LogP contribution is 2.23. The summed E-state index contributed by atoms with van der Waals surface area (Å²) in [5.41, 5.74) is 3.95. The lowest BCUT2D eigenvalue weighted by Gasteiger charge is -2.20. The second kappa shape index (κ2) is 4.85. The van der Waals surface area contributed by atoms with Crippen molar-refractivity contribution in [2.45, 2.75) is 13.0 Å². The number of hydrogen-bond acceptors (Lipinski definition) is 3. The average Bonchev–Trinajstić information content (AvgIpc) is 2.86. The number of carbonyl (C=O) groups excluding carboxylic acids is 1. The number of anilines is 1. The zero-order valence-corrected chi connectivity index (χ0v) is 10.8. The molecule has 0 atom stereocenters. The second-order valence-corrected chi connectivity index (χ2v) is 4.73. The largest absolute Gasteiger partial charge is 0.322 e. The molecule has 0 spiro atoms. The van der Waals surface area contributed by atoms with Crippen LogP contribution in [-0.2, 0) is 20.0 Å². The van der Waals surface area contributed by atoms with Gasteiger partial charge in [-0.15, -0.1) is 0 Å². The predicted molar refractivity (Wildman–Crippen MR) is 73.0 cm³/mol. The van der Waals surface area contributed by atoms with Gasteiger partial charge in [-0.2, -0.15) is 5.10 Å². The summed E-state index contributed by atoms with van der Waals surface area (Å²) >= 11 is 0. The fraction of sp³-hybridized carbons (Fsp3) is 0.286. The van der Waals surface area contributed by atoms with E-state index in [9.17, 15) is 4.79 Å². The first kappa shape index (κ1) is 11.9. The van der Waals surface area contributed by atoms with Gasteiger partial charge in [-0.25, -0.2) is 0 Å². The Labute approximate surface area is 111 Å². The molecule has 1 aromatic carbocycles. The van der Waals surface area contributed by atoms with Gasteiger partial charge in [0.05, 0.1) is 11.8 Å². The van der Waals surface area contributed by atoms with E-state index in [1.165, 1.54) is 11.1 Å². The van der Waals surface area contributed by atoms with Gasteiger partial charge in [-0.3, -0.25) is 9.48 Å². The predicted octanol–water partition coefficient (Wildman–Crippen LogP) is 1.32. The van der Waals surface area contributed by atoms with Crippen molar-refractivity contribution >= 4 is 11.6 Å². The molecule has 1 amide bonds. The summed E-state index contributed by atoms with van der Waals surface area (Å²) in [7, 11) is 1.80. The number of hydrogen-bond donors (Lipinski definition) is 2. The van der Waals surface area contributed by atoms with Gasteiger partial charge in [0.1, 0.15) is 0 Å². The molecule has 5 nitrogen and oxygen atoms in total. The molecule has 2 N–H and O–H groups in total. The Kier molecular flexibility index (Phi) is 3.05. The minimum absolute atomic E-state index is 0.118. The normalized spacial score (nSPS) is 13.9. The van der Waals surface area contributed by atoms with Crippen LogP contribution >= 0.6 is 0 Å². The SMILES string of the molecule is Cn1cc(C(=O)Nc2cccc3c2CNCC3)cn1. The third kappa shape index (κ3) is 2.37. The Hall–Kier alpha value is -2.14. The van der Waals surface area contributed by atoms with Crippen molar-refractivity contribution in [3.8, 4) is 0 Å². The molecule has 1 aromatic heterocycles. The molecule has 0 saturated heterocycles. The first-order valence-corrected chi connectivity index (χ1v) is 6.35. The summed E-state index contributed by atoms with van der Waals surface area (Å²) in [5, 5.41) is 10.3. The molecule has 5 heteroatoms. The van der Waals surface area contributed by atoms with Crippen LogP contribution in [0.25, 0.3) is 0 Å². The minimum atomic E-state index is -0.118. The number of aryl methyl sites for hydroxylation is 1. The van der Waals surface area contributed by atoms with Gasteiger partial charge < -0.3 is 10.6 Å². The smallest absolute Gasteiger partial charge is 0.258 e. The van der Waals surface area contributed by atoms with E-state index in [1.54, 1.807) is 24.1 Å². The summed E-state index contributed by atoms with van der Waals surface area (Å²) in [4.78, 5) is 12.1. The van der Waals surface area contributed by atoms with Gasteiger partial charge in [0.25, 0.3) is 5.91 Å². The van der Waals surface area contributed by atoms with Gasteiger partial charge in [0, 0.05) is 25.5 Å². The molecule has 0 aliphatic carbocycles. The third-order valence-electron chi connectivity index (χ3n) is 3.36. The van der Waals surface area contributed by atoms with Crippen molar-refractivity contribution in [1.29, 1.82) is 0 Å². The summed E-state index contributed by atoms with van der Waals surface area (Å²) in [6, 6.07) is 6.05. The number of carbonyl (C=O) groups is 1. The molecule has 0 saturated carbocycles. The molecule has 0 fully saturated rings. The van der Waals surface area contributed by atoms with Crippen LogP contribution in [0.15, 0.2) is 30.6 Å². The molecule has 0 unspecified atom stereocenters. The van der Waals surface area contributed by atoms with Crippen LogP contribution in [0.1, 0.15) is 21.5 Å². The van der Waals surface area contributed by atoms with Crippen LogP contribution in [0.4, 0.5) is 5.69 Å². The maximum Gasteiger partial charge on any atom is 0.258 e. The van der Waals surface area contributed by atoms with Crippen LogP contribution in [0.2, 0.25) is 0 Å². The molecule has 0 radical (unpaired) electrons. The Balaban J connectivity index is 1.85. The molecule has 1 aliphatic heterocycles. The zero-order chi connectivity index (χ0) is 13.2. The van der Waals surface area contributed by atoms with E-state index < -0.39 is 0 Å². The summed E-state index contributed by atoms with van der Waals surface area (Å²) in [6.45, 7) is 1.80. The molecule has 2 heterocycles. The Morgan fingerprint density at radius 1 is 1.47 bits per heavy atom. The first-order valence-electron chi connectivity index (χ1n) is 6.35.